The molecule has 0 saturated carbocycles. The van der Waals surface area contributed by atoms with Crippen molar-refractivity contribution in [3.05, 3.63) is 77.4 Å². The van der Waals surface area contributed by atoms with Crippen molar-refractivity contribution in [1.82, 2.24) is 0 Å². The largest absolute Gasteiger partial charge is 0.463 e. The number of carbonyl (C=O) groups excluding carboxylic acids is 1. The Morgan fingerprint density at radius 3 is 2.22 bits per heavy atom. The molecule has 0 radical (unpaired) electrons. The second-order valence-electron chi connectivity index (χ2n) is 5.46. The summed E-state index contributed by atoms with van der Waals surface area (Å²) in [6, 6.07) is 18.7. The number of rotatable bonds is 7. The van der Waals surface area contributed by atoms with Gasteiger partial charge in [-0.05, 0) is 48.4 Å². The summed E-state index contributed by atoms with van der Waals surface area (Å²) < 4.78 is 5.06. The van der Waals surface area contributed by atoms with E-state index in [0.29, 0.717) is 6.61 Å². The molecule has 0 bridgehead atoms. The molecule has 2 aromatic rings. The summed E-state index contributed by atoms with van der Waals surface area (Å²) in [5.74, 6) is -0.271. The van der Waals surface area contributed by atoms with Gasteiger partial charge >= 0.3 is 5.97 Å². The van der Waals surface area contributed by atoms with Crippen molar-refractivity contribution in [1.29, 1.82) is 0 Å². The van der Waals surface area contributed by atoms with E-state index in [1.807, 2.05) is 37.3 Å². The first kappa shape index (κ1) is 17.0. The Kier molecular flexibility index (Phi) is 6.61. The van der Waals surface area contributed by atoms with Crippen LogP contribution in [0.3, 0.4) is 0 Å². The predicted octanol–water partition coefficient (Wildman–Crippen LogP) is 4.83. The highest BCUT2D eigenvalue weighted by Gasteiger charge is 2.06. The van der Waals surface area contributed by atoms with Gasteiger partial charge in [0.1, 0.15) is 0 Å². The van der Waals surface area contributed by atoms with E-state index in [1.54, 1.807) is 6.08 Å². The Morgan fingerprint density at radius 1 is 0.957 bits per heavy atom. The van der Waals surface area contributed by atoms with Crippen molar-refractivity contribution in [2.45, 2.75) is 33.1 Å². The molecule has 120 valence electrons. The van der Waals surface area contributed by atoms with Crippen LogP contribution < -0.4 is 0 Å². The van der Waals surface area contributed by atoms with E-state index in [0.717, 1.165) is 30.4 Å². The van der Waals surface area contributed by atoms with Gasteiger partial charge < -0.3 is 4.74 Å². The second-order valence-corrected chi connectivity index (χ2v) is 5.46. The lowest BCUT2D eigenvalue weighted by molar-refractivity contribution is -0.137. The maximum absolute atomic E-state index is 11.8. The van der Waals surface area contributed by atoms with Crippen LogP contribution in [-0.2, 0) is 22.4 Å². The zero-order chi connectivity index (χ0) is 16.5. The molecule has 2 nitrogen and oxygen atoms in total. The van der Waals surface area contributed by atoms with Crippen LogP contribution in [0.2, 0.25) is 0 Å². The Labute approximate surface area is 138 Å². The van der Waals surface area contributed by atoms with E-state index >= 15 is 0 Å². The Balaban J connectivity index is 2.12. The van der Waals surface area contributed by atoms with Gasteiger partial charge in [0.15, 0.2) is 0 Å². The van der Waals surface area contributed by atoms with Crippen molar-refractivity contribution in [3.8, 4) is 0 Å². The molecule has 0 amide bonds. The summed E-state index contributed by atoms with van der Waals surface area (Å²) in [5, 5.41) is 0. The number of benzene rings is 2. The van der Waals surface area contributed by atoms with E-state index in [-0.39, 0.29) is 5.97 Å². The van der Waals surface area contributed by atoms with Gasteiger partial charge in [0.2, 0.25) is 0 Å². The Bertz CT molecular complexity index is 639. The lowest BCUT2D eigenvalue weighted by atomic mass is 9.97. The zero-order valence-electron chi connectivity index (χ0n) is 13.9. The first-order valence-electron chi connectivity index (χ1n) is 8.23. The van der Waals surface area contributed by atoms with Crippen molar-refractivity contribution in [2.24, 2.45) is 0 Å². The number of esters is 1. The van der Waals surface area contributed by atoms with E-state index < -0.39 is 0 Å². The van der Waals surface area contributed by atoms with Crippen molar-refractivity contribution in [3.63, 3.8) is 0 Å². The van der Waals surface area contributed by atoms with Gasteiger partial charge in [-0.1, -0.05) is 61.5 Å². The minimum Gasteiger partial charge on any atom is -0.463 e. The van der Waals surface area contributed by atoms with Crippen LogP contribution in [0, 0.1) is 0 Å². The maximum atomic E-state index is 11.8. The van der Waals surface area contributed by atoms with Crippen LogP contribution >= 0.6 is 0 Å². The third kappa shape index (κ3) is 5.41. The average Bonchev–Trinajstić information content (AvgIpc) is 2.60. The third-order valence-electron chi connectivity index (χ3n) is 3.84. The summed E-state index contributed by atoms with van der Waals surface area (Å²) in [7, 11) is 0. The average molecular weight is 308 g/mol. The van der Waals surface area contributed by atoms with Gasteiger partial charge in [-0.25, -0.2) is 4.79 Å². The Morgan fingerprint density at radius 2 is 1.61 bits per heavy atom. The summed E-state index contributed by atoms with van der Waals surface area (Å²) in [5.41, 5.74) is 4.72. The number of hydrogen-bond acceptors (Lipinski definition) is 2. The van der Waals surface area contributed by atoms with Crippen LogP contribution in [0.25, 0.3) is 5.57 Å². The van der Waals surface area contributed by atoms with Crippen molar-refractivity contribution >= 4 is 11.5 Å². The number of ether oxygens (including phenoxy) is 1. The molecule has 2 aromatic carbocycles. The molecule has 0 aliphatic heterocycles. The molecule has 0 aliphatic carbocycles. The highest BCUT2D eigenvalue weighted by atomic mass is 16.5. The molecule has 0 unspecified atom stereocenters. The molecule has 2 heteroatoms. The molecule has 0 fully saturated rings. The summed E-state index contributed by atoms with van der Waals surface area (Å²) >= 11 is 0. The van der Waals surface area contributed by atoms with Gasteiger partial charge in [0, 0.05) is 6.08 Å². The molecule has 23 heavy (non-hydrogen) atoms. The lowest BCUT2D eigenvalue weighted by Crippen LogP contribution is -2.02. The molecule has 0 saturated heterocycles. The minimum atomic E-state index is -0.271. The maximum Gasteiger partial charge on any atom is 0.331 e. The highest BCUT2D eigenvalue weighted by molar-refractivity contribution is 5.91. The first-order chi connectivity index (χ1) is 11.2. The summed E-state index contributed by atoms with van der Waals surface area (Å²) in [6.45, 7) is 4.38. The normalized spacial score (nSPS) is 11.3. The zero-order valence-corrected chi connectivity index (χ0v) is 13.9. The van der Waals surface area contributed by atoms with E-state index in [1.165, 1.54) is 11.1 Å². The Hall–Kier alpha value is -2.35. The van der Waals surface area contributed by atoms with Crippen LogP contribution in [0.1, 0.15) is 37.0 Å². The molecule has 0 aromatic heterocycles. The standard InChI is InChI=1S/C21H24O2/c1-3-17-10-12-18(13-11-17)14-15-20(16-21(22)23-4-2)19-8-6-5-7-9-19/h5-13,16H,3-4,14-15H2,1-2H3. The number of hydrogen-bond donors (Lipinski definition) is 0. The molecule has 0 atom stereocenters. The minimum absolute atomic E-state index is 0.271. The van der Waals surface area contributed by atoms with Gasteiger partial charge in [-0.2, -0.15) is 0 Å². The fraction of sp³-hybridized carbons (Fsp3) is 0.286. The van der Waals surface area contributed by atoms with Crippen LogP contribution in [0.4, 0.5) is 0 Å². The number of allylic oxidation sites excluding steroid dienone is 1. The van der Waals surface area contributed by atoms with E-state index in [9.17, 15) is 4.79 Å². The fourth-order valence-corrected chi connectivity index (χ4v) is 2.50. The predicted molar refractivity (Wildman–Crippen MR) is 95.2 cm³/mol. The molecule has 2 rings (SSSR count). The summed E-state index contributed by atoms with van der Waals surface area (Å²) in [4.78, 5) is 11.8. The number of aryl methyl sites for hydroxylation is 2. The van der Waals surface area contributed by atoms with Gasteiger partial charge in [-0.3, -0.25) is 0 Å². The van der Waals surface area contributed by atoms with E-state index in [2.05, 4.69) is 31.2 Å². The molecular formula is C21H24O2. The fourth-order valence-electron chi connectivity index (χ4n) is 2.50. The monoisotopic (exact) mass is 308 g/mol. The SMILES string of the molecule is CCOC(=O)C=C(CCc1ccc(CC)cc1)c1ccccc1. The molecule has 0 heterocycles. The molecule has 0 spiro atoms. The quantitative estimate of drug-likeness (QED) is 0.541. The second kappa shape index (κ2) is 8.94. The van der Waals surface area contributed by atoms with Crippen molar-refractivity contribution in [2.75, 3.05) is 6.61 Å². The first-order valence-corrected chi connectivity index (χ1v) is 8.23. The van der Waals surface area contributed by atoms with Gasteiger partial charge in [-0.15, -0.1) is 0 Å². The smallest absolute Gasteiger partial charge is 0.331 e. The molecule has 0 N–H and O–H groups in total. The lowest BCUT2D eigenvalue weighted by Gasteiger charge is -2.09. The molecular weight excluding hydrogens is 284 g/mol. The summed E-state index contributed by atoms with van der Waals surface area (Å²) in [6.07, 6.45) is 4.40. The highest BCUT2D eigenvalue weighted by Crippen LogP contribution is 2.21. The molecule has 0 aliphatic rings. The van der Waals surface area contributed by atoms with Crippen molar-refractivity contribution < 1.29 is 9.53 Å². The number of carbonyl (C=O) groups is 1. The van der Waals surface area contributed by atoms with E-state index in [4.69, 9.17) is 4.74 Å². The van der Waals surface area contributed by atoms with Gasteiger partial charge in [0.25, 0.3) is 0 Å². The third-order valence-corrected chi connectivity index (χ3v) is 3.84. The van der Waals surface area contributed by atoms with Crippen LogP contribution in [0.5, 0.6) is 0 Å². The topological polar surface area (TPSA) is 26.3 Å². The van der Waals surface area contributed by atoms with Crippen LogP contribution in [-0.4, -0.2) is 12.6 Å². The van der Waals surface area contributed by atoms with Crippen LogP contribution in [0.15, 0.2) is 60.7 Å². The van der Waals surface area contributed by atoms with Gasteiger partial charge in [0.05, 0.1) is 6.61 Å².